The molecule has 0 bridgehead atoms. The van der Waals surface area contributed by atoms with E-state index < -0.39 is 6.10 Å². The number of hydrogen-bond donors (Lipinski definition) is 3. The first-order valence-electron chi connectivity index (χ1n) is 11.4. The Morgan fingerprint density at radius 1 is 0.944 bits per heavy atom. The van der Waals surface area contributed by atoms with Crippen LogP contribution >= 0.6 is 0 Å². The summed E-state index contributed by atoms with van der Waals surface area (Å²) in [5.41, 5.74) is 5.07. The van der Waals surface area contributed by atoms with Gasteiger partial charge in [-0.2, -0.15) is 0 Å². The topological polar surface area (TPSA) is 121 Å². The number of aryl methyl sites for hydroxylation is 1. The molecule has 5 rings (SSSR count). The van der Waals surface area contributed by atoms with Crippen molar-refractivity contribution in [3.05, 3.63) is 90.4 Å². The van der Waals surface area contributed by atoms with Crippen molar-refractivity contribution < 1.29 is 14.3 Å². The highest BCUT2D eigenvalue weighted by Crippen LogP contribution is 2.25. The van der Waals surface area contributed by atoms with Gasteiger partial charge in [0.15, 0.2) is 6.10 Å². The van der Waals surface area contributed by atoms with E-state index in [0.717, 1.165) is 22.5 Å². The van der Waals surface area contributed by atoms with E-state index >= 15 is 0 Å². The molecular weight excluding hydrogens is 456 g/mol. The predicted octanol–water partition coefficient (Wildman–Crippen LogP) is 4.57. The van der Waals surface area contributed by atoms with E-state index in [4.69, 9.17) is 4.74 Å². The lowest BCUT2D eigenvalue weighted by Gasteiger charge is -2.12. The molecule has 0 saturated carbocycles. The Morgan fingerprint density at radius 2 is 1.72 bits per heavy atom. The number of rotatable bonds is 7. The van der Waals surface area contributed by atoms with Crippen LogP contribution in [0.2, 0.25) is 0 Å². The van der Waals surface area contributed by atoms with E-state index in [-0.39, 0.29) is 17.9 Å². The molecule has 0 spiro atoms. The molecule has 4 aromatic rings. The number of nitrogens with one attached hydrogen (secondary N) is 3. The number of benzene rings is 2. The zero-order valence-electron chi connectivity index (χ0n) is 19.7. The van der Waals surface area contributed by atoms with Crippen molar-refractivity contribution in [1.29, 1.82) is 0 Å². The van der Waals surface area contributed by atoms with Crippen LogP contribution in [-0.4, -0.2) is 39.0 Å². The van der Waals surface area contributed by atoms with E-state index in [1.807, 2.05) is 50.2 Å². The van der Waals surface area contributed by atoms with Crippen molar-refractivity contribution in [3.8, 4) is 11.3 Å². The summed E-state index contributed by atoms with van der Waals surface area (Å²) in [4.78, 5) is 37.8. The second-order valence-corrected chi connectivity index (χ2v) is 8.44. The van der Waals surface area contributed by atoms with Crippen molar-refractivity contribution in [1.82, 2.24) is 15.0 Å². The van der Waals surface area contributed by atoms with Crippen molar-refractivity contribution in [3.63, 3.8) is 0 Å². The molecule has 1 aliphatic heterocycles. The lowest BCUT2D eigenvalue weighted by Crippen LogP contribution is -2.19. The molecule has 9 nitrogen and oxygen atoms in total. The fraction of sp³-hybridized carbons (Fsp3) is 0.148. The summed E-state index contributed by atoms with van der Waals surface area (Å²) in [6, 6.07) is 17.9. The molecule has 180 valence electrons. The summed E-state index contributed by atoms with van der Waals surface area (Å²) < 4.78 is 5.17. The van der Waals surface area contributed by atoms with Gasteiger partial charge in [0.1, 0.15) is 0 Å². The predicted molar refractivity (Wildman–Crippen MR) is 137 cm³/mol. The second-order valence-electron chi connectivity index (χ2n) is 8.44. The average molecular weight is 481 g/mol. The number of aromatic nitrogens is 3. The monoisotopic (exact) mass is 480 g/mol. The molecule has 0 radical (unpaired) electrons. The highest BCUT2D eigenvalue weighted by atomic mass is 16.6. The molecule has 2 aromatic carbocycles. The molecule has 0 unspecified atom stereocenters. The number of nitrogens with zero attached hydrogens (tertiary/aromatic N) is 3. The number of anilines is 4. The minimum atomic E-state index is -0.402. The number of pyridine rings is 1. The summed E-state index contributed by atoms with van der Waals surface area (Å²) in [7, 11) is 0. The fourth-order valence-corrected chi connectivity index (χ4v) is 3.63. The molecule has 36 heavy (non-hydrogen) atoms. The summed E-state index contributed by atoms with van der Waals surface area (Å²) in [6.07, 6.45) is 4.68. The van der Waals surface area contributed by atoms with Crippen LogP contribution in [0.5, 0.6) is 0 Å². The molecule has 2 aromatic heterocycles. The van der Waals surface area contributed by atoms with Gasteiger partial charge in [-0.3, -0.25) is 14.6 Å². The lowest BCUT2D eigenvalue weighted by atomic mass is 10.1. The minimum absolute atomic E-state index is 0.0550. The number of carbonyl (C=O) groups excluding carboxylic acids is 2. The Balaban J connectivity index is 1.26. The lowest BCUT2D eigenvalue weighted by molar-refractivity contribution is -0.117. The Hall–Kier alpha value is -4.63. The van der Waals surface area contributed by atoms with Gasteiger partial charge in [0.25, 0.3) is 11.8 Å². The molecule has 3 heterocycles. The van der Waals surface area contributed by atoms with Crippen molar-refractivity contribution in [2.45, 2.75) is 26.1 Å². The molecule has 0 aliphatic carbocycles. The molecule has 2 amide bonds. The first-order valence-corrected chi connectivity index (χ1v) is 11.4. The largest absolute Gasteiger partial charge is 0.359 e. The highest BCUT2D eigenvalue weighted by molar-refractivity contribution is 6.05. The Labute approximate surface area is 208 Å². The van der Waals surface area contributed by atoms with Gasteiger partial charge in [-0.25, -0.2) is 9.97 Å². The van der Waals surface area contributed by atoms with Gasteiger partial charge in [0.05, 0.1) is 11.8 Å². The number of amides is 2. The number of epoxide rings is 1. The van der Waals surface area contributed by atoms with Crippen molar-refractivity contribution >= 4 is 34.8 Å². The minimum Gasteiger partial charge on any atom is -0.359 e. The maximum atomic E-state index is 12.8. The maximum absolute atomic E-state index is 12.8. The number of carbonyl (C=O) groups is 2. The van der Waals surface area contributed by atoms with E-state index in [0.29, 0.717) is 22.9 Å². The molecule has 3 N–H and O–H groups in total. The van der Waals surface area contributed by atoms with E-state index in [1.165, 1.54) is 0 Å². The van der Waals surface area contributed by atoms with Crippen LogP contribution in [0.4, 0.5) is 23.0 Å². The third-order valence-corrected chi connectivity index (χ3v) is 5.74. The van der Waals surface area contributed by atoms with E-state index in [2.05, 4.69) is 30.9 Å². The fourth-order valence-electron chi connectivity index (χ4n) is 3.63. The zero-order valence-corrected chi connectivity index (χ0v) is 19.7. The SMILES string of the molecule is Cc1ccc(NC(=O)c2ccc(NC(=O)[C@@H]3O[C@H]3C)cc2)cc1Nc1nccc(-c2cccnc2)n1. The molecule has 2 atom stereocenters. The van der Waals surface area contributed by atoms with Gasteiger partial charge in [0, 0.05) is 46.8 Å². The van der Waals surface area contributed by atoms with Gasteiger partial charge in [-0.15, -0.1) is 0 Å². The third kappa shape index (κ3) is 5.37. The molecule has 1 saturated heterocycles. The third-order valence-electron chi connectivity index (χ3n) is 5.74. The summed E-state index contributed by atoms with van der Waals surface area (Å²) >= 11 is 0. The van der Waals surface area contributed by atoms with Gasteiger partial charge in [-0.1, -0.05) is 6.07 Å². The quantitative estimate of drug-likeness (QED) is 0.331. The zero-order chi connectivity index (χ0) is 25.1. The van der Waals surface area contributed by atoms with Crippen LogP contribution in [0, 0.1) is 6.92 Å². The molecular formula is C27H24N6O3. The Morgan fingerprint density at radius 3 is 2.44 bits per heavy atom. The first kappa shape index (κ1) is 23.1. The van der Waals surface area contributed by atoms with Gasteiger partial charge >= 0.3 is 0 Å². The van der Waals surface area contributed by atoms with Crippen molar-refractivity contribution in [2.75, 3.05) is 16.0 Å². The van der Waals surface area contributed by atoms with Crippen LogP contribution in [0.1, 0.15) is 22.8 Å². The van der Waals surface area contributed by atoms with Gasteiger partial charge in [0.2, 0.25) is 5.95 Å². The normalized spacial score (nSPS) is 16.2. The first-order chi connectivity index (χ1) is 17.5. The number of hydrogen-bond acceptors (Lipinski definition) is 7. The summed E-state index contributed by atoms with van der Waals surface area (Å²) in [6.45, 7) is 3.80. The molecule has 9 heteroatoms. The average Bonchev–Trinajstić information content (AvgIpc) is 3.64. The summed E-state index contributed by atoms with van der Waals surface area (Å²) in [5, 5.41) is 8.92. The summed E-state index contributed by atoms with van der Waals surface area (Å²) in [5.74, 6) is -0.0162. The van der Waals surface area contributed by atoms with Gasteiger partial charge < -0.3 is 20.7 Å². The Kier molecular flexibility index (Phi) is 6.38. The maximum Gasteiger partial charge on any atom is 0.256 e. The van der Waals surface area contributed by atoms with Crippen molar-refractivity contribution in [2.24, 2.45) is 0 Å². The van der Waals surface area contributed by atoms with Gasteiger partial charge in [-0.05, 0) is 74.0 Å². The molecule has 1 fully saturated rings. The van der Waals surface area contributed by atoms with E-state index in [9.17, 15) is 9.59 Å². The van der Waals surface area contributed by atoms with Crippen LogP contribution in [0.25, 0.3) is 11.3 Å². The number of ether oxygens (including phenoxy) is 1. The standard InChI is InChI=1S/C27H24N6O3/c1-16-5-8-21(14-23(16)33-27-29-13-11-22(32-27)19-4-3-12-28-15-19)31-25(34)18-6-9-20(10-7-18)30-26(35)24-17(2)36-24/h3-15,17,24H,1-2H3,(H,30,35)(H,31,34)(H,29,32,33)/t17-,24+/m0/s1. The second kappa shape index (κ2) is 9.93. The molecule has 1 aliphatic rings. The van der Waals surface area contributed by atoms with Crippen LogP contribution in [0.15, 0.2) is 79.3 Å². The highest BCUT2D eigenvalue weighted by Gasteiger charge is 2.41. The van der Waals surface area contributed by atoms with Crippen LogP contribution in [-0.2, 0) is 9.53 Å². The van der Waals surface area contributed by atoms with Crippen LogP contribution in [0.3, 0.4) is 0 Å². The smallest absolute Gasteiger partial charge is 0.256 e. The Bertz CT molecular complexity index is 1410. The van der Waals surface area contributed by atoms with Crippen LogP contribution < -0.4 is 16.0 Å². The van der Waals surface area contributed by atoms with E-state index in [1.54, 1.807) is 42.9 Å².